The molecule has 35 heavy (non-hydrogen) atoms. The predicted octanol–water partition coefficient (Wildman–Crippen LogP) is 4.44. The number of hydroxylamine groups is 1. The summed E-state index contributed by atoms with van der Waals surface area (Å²) < 4.78 is 7.40. The van der Waals surface area contributed by atoms with E-state index in [1.807, 2.05) is 43.3 Å². The van der Waals surface area contributed by atoms with Crippen molar-refractivity contribution in [2.45, 2.75) is 13.3 Å². The Morgan fingerprint density at radius 1 is 1.00 bits per heavy atom. The number of nitrogens with one attached hydrogen (secondary N) is 1. The standard InChI is InChI=1S/C27H26N4O4/c1-20-24(16-27(32)33)8-5-9-26(20)34-14-15-35-30-25(17-31-19-28-18-29-31)23-12-10-22(11-13-23)21-6-3-2-4-7-21/h2-13,17-19,30H,14-16H2,1H3,(H,32,33). The Hall–Kier alpha value is -4.43. The molecular formula is C27H26N4O4. The molecule has 0 amide bonds. The van der Waals surface area contributed by atoms with Crippen LogP contribution < -0.4 is 10.2 Å². The van der Waals surface area contributed by atoms with Gasteiger partial charge in [-0.3, -0.25) is 15.1 Å². The molecular weight excluding hydrogens is 444 g/mol. The van der Waals surface area contributed by atoms with E-state index in [4.69, 9.17) is 14.7 Å². The number of aliphatic carboxylic acids is 1. The molecule has 8 nitrogen and oxygen atoms in total. The Balaban J connectivity index is 1.38. The van der Waals surface area contributed by atoms with Crippen LogP contribution in [0, 0.1) is 6.92 Å². The lowest BCUT2D eigenvalue weighted by Crippen LogP contribution is -2.18. The van der Waals surface area contributed by atoms with Crippen molar-refractivity contribution >= 4 is 17.9 Å². The highest BCUT2D eigenvalue weighted by molar-refractivity contribution is 5.75. The molecule has 0 unspecified atom stereocenters. The number of nitrogens with zero attached hydrogens (tertiary/aromatic N) is 3. The van der Waals surface area contributed by atoms with Gasteiger partial charge >= 0.3 is 5.97 Å². The monoisotopic (exact) mass is 470 g/mol. The van der Waals surface area contributed by atoms with Crippen molar-refractivity contribution in [2.24, 2.45) is 0 Å². The topological polar surface area (TPSA) is 98.5 Å². The SMILES string of the molecule is Cc1c(CC(=O)O)cccc1OCCONC(=Cn1cncn1)c1ccc(-c2ccccc2)cc1. The van der Waals surface area contributed by atoms with E-state index in [-0.39, 0.29) is 19.6 Å². The zero-order valence-corrected chi connectivity index (χ0v) is 19.3. The molecule has 0 saturated carbocycles. The second-order valence-corrected chi connectivity index (χ2v) is 7.77. The van der Waals surface area contributed by atoms with Crippen LogP contribution in [-0.2, 0) is 16.1 Å². The van der Waals surface area contributed by atoms with Gasteiger partial charge in [-0.2, -0.15) is 5.10 Å². The fourth-order valence-electron chi connectivity index (χ4n) is 3.54. The van der Waals surface area contributed by atoms with Gasteiger partial charge in [-0.05, 0) is 35.2 Å². The maximum atomic E-state index is 11.0. The molecule has 0 fully saturated rings. The molecule has 8 heteroatoms. The second kappa shape index (κ2) is 11.6. The van der Waals surface area contributed by atoms with Gasteiger partial charge in [0.25, 0.3) is 0 Å². The third-order valence-corrected chi connectivity index (χ3v) is 5.36. The minimum absolute atomic E-state index is 0.0411. The lowest BCUT2D eigenvalue weighted by molar-refractivity contribution is -0.136. The summed E-state index contributed by atoms with van der Waals surface area (Å²) in [6, 6.07) is 23.7. The van der Waals surface area contributed by atoms with Crippen molar-refractivity contribution in [3.05, 3.63) is 102 Å². The van der Waals surface area contributed by atoms with Crippen molar-refractivity contribution in [1.82, 2.24) is 20.2 Å². The molecule has 1 aromatic heterocycles. The van der Waals surface area contributed by atoms with E-state index < -0.39 is 5.97 Å². The normalized spacial score (nSPS) is 11.3. The third kappa shape index (κ3) is 6.55. The molecule has 4 aromatic rings. The fraction of sp³-hybridized carbons (Fsp3) is 0.148. The Labute approximate surface area is 203 Å². The molecule has 0 aliphatic rings. The maximum Gasteiger partial charge on any atom is 0.307 e. The van der Waals surface area contributed by atoms with E-state index in [2.05, 4.69) is 39.8 Å². The van der Waals surface area contributed by atoms with E-state index in [1.165, 1.54) is 6.33 Å². The summed E-state index contributed by atoms with van der Waals surface area (Å²) >= 11 is 0. The van der Waals surface area contributed by atoms with Crippen molar-refractivity contribution in [1.29, 1.82) is 0 Å². The molecule has 1 heterocycles. The van der Waals surface area contributed by atoms with Crippen LogP contribution in [0.3, 0.4) is 0 Å². The first kappa shape index (κ1) is 23.7. The largest absolute Gasteiger partial charge is 0.491 e. The number of carboxylic acids is 1. The summed E-state index contributed by atoms with van der Waals surface area (Å²) in [5.41, 5.74) is 8.40. The van der Waals surface area contributed by atoms with Crippen molar-refractivity contribution in [3.8, 4) is 16.9 Å². The third-order valence-electron chi connectivity index (χ3n) is 5.36. The Morgan fingerprint density at radius 3 is 2.49 bits per heavy atom. The first-order chi connectivity index (χ1) is 17.1. The molecule has 178 valence electrons. The number of carboxylic acid groups (broad SMARTS) is 1. The van der Waals surface area contributed by atoms with Gasteiger partial charge in [-0.25, -0.2) is 9.67 Å². The Morgan fingerprint density at radius 2 is 1.77 bits per heavy atom. The number of aromatic nitrogens is 3. The number of carbonyl (C=O) groups is 1. The summed E-state index contributed by atoms with van der Waals surface area (Å²) in [5.74, 6) is -0.233. The van der Waals surface area contributed by atoms with Crippen LogP contribution in [0.2, 0.25) is 0 Å². The van der Waals surface area contributed by atoms with Gasteiger partial charge in [0, 0.05) is 5.56 Å². The van der Waals surface area contributed by atoms with E-state index >= 15 is 0 Å². The van der Waals surface area contributed by atoms with Gasteiger partial charge in [0.2, 0.25) is 0 Å². The van der Waals surface area contributed by atoms with E-state index in [9.17, 15) is 4.79 Å². The fourth-order valence-corrected chi connectivity index (χ4v) is 3.54. The molecule has 0 spiro atoms. The van der Waals surface area contributed by atoms with Crippen molar-refractivity contribution < 1.29 is 19.5 Å². The van der Waals surface area contributed by atoms with Gasteiger partial charge in [0.15, 0.2) is 0 Å². The molecule has 0 radical (unpaired) electrons. The predicted molar refractivity (Wildman–Crippen MR) is 133 cm³/mol. The highest BCUT2D eigenvalue weighted by Crippen LogP contribution is 2.23. The second-order valence-electron chi connectivity index (χ2n) is 7.77. The van der Waals surface area contributed by atoms with Crippen LogP contribution in [0.1, 0.15) is 16.7 Å². The average Bonchev–Trinajstić information content (AvgIpc) is 3.39. The summed E-state index contributed by atoms with van der Waals surface area (Å²) in [6.45, 7) is 2.40. The molecule has 2 N–H and O–H groups in total. The van der Waals surface area contributed by atoms with Gasteiger partial charge in [-0.15, -0.1) is 0 Å². The summed E-state index contributed by atoms with van der Waals surface area (Å²) in [5, 5.41) is 13.2. The number of benzene rings is 3. The van der Waals surface area contributed by atoms with Gasteiger partial charge in [0.1, 0.15) is 31.6 Å². The molecule has 0 bridgehead atoms. The molecule has 0 atom stereocenters. The Bertz CT molecular complexity index is 1270. The number of hydrogen-bond donors (Lipinski definition) is 2. The zero-order chi connectivity index (χ0) is 24.5. The zero-order valence-electron chi connectivity index (χ0n) is 19.3. The molecule has 0 aliphatic carbocycles. The van der Waals surface area contributed by atoms with Crippen LogP contribution >= 0.6 is 0 Å². The van der Waals surface area contributed by atoms with Crippen LogP contribution in [0.15, 0.2) is 85.5 Å². The lowest BCUT2D eigenvalue weighted by Gasteiger charge is -2.14. The van der Waals surface area contributed by atoms with E-state index in [0.717, 1.165) is 27.8 Å². The van der Waals surface area contributed by atoms with Crippen molar-refractivity contribution in [2.75, 3.05) is 13.2 Å². The smallest absolute Gasteiger partial charge is 0.307 e. The Kier molecular flexibility index (Phi) is 7.88. The molecule has 0 aliphatic heterocycles. The van der Waals surface area contributed by atoms with Crippen LogP contribution in [0.4, 0.5) is 0 Å². The minimum atomic E-state index is -0.874. The van der Waals surface area contributed by atoms with Gasteiger partial charge < -0.3 is 9.84 Å². The quantitative estimate of drug-likeness (QED) is 0.247. The average molecular weight is 471 g/mol. The van der Waals surface area contributed by atoms with Crippen LogP contribution in [0.5, 0.6) is 5.75 Å². The summed E-state index contributed by atoms with van der Waals surface area (Å²) in [6.07, 6.45) is 4.80. The van der Waals surface area contributed by atoms with E-state index in [1.54, 1.807) is 29.3 Å². The minimum Gasteiger partial charge on any atom is -0.491 e. The summed E-state index contributed by atoms with van der Waals surface area (Å²) in [7, 11) is 0. The van der Waals surface area contributed by atoms with Gasteiger partial charge in [0.05, 0.1) is 18.3 Å². The molecule has 0 saturated heterocycles. The highest BCUT2D eigenvalue weighted by atomic mass is 16.7. The van der Waals surface area contributed by atoms with E-state index in [0.29, 0.717) is 11.4 Å². The maximum absolute atomic E-state index is 11.0. The van der Waals surface area contributed by atoms with Gasteiger partial charge in [-0.1, -0.05) is 66.7 Å². The van der Waals surface area contributed by atoms with Crippen LogP contribution in [0.25, 0.3) is 23.0 Å². The number of rotatable bonds is 11. The first-order valence-corrected chi connectivity index (χ1v) is 11.1. The lowest BCUT2D eigenvalue weighted by atomic mass is 10.0. The molecule has 4 rings (SSSR count). The summed E-state index contributed by atoms with van der Waals surface area (Å²) in [4.78, 5) is 20.7. The van der Waals surface area contributed by atoms with Crippen LogP contribution in [-0.4, -0.2) is 39.1 Å². The van der Waals surface area contributed by atoms with Crippen molar-refractivity contribution in [3.63, 3.8) is 0 Å². The number of ether oxygens (including phenoxy) is 1. The molecule has 3 aromatic carbocycles. The first-order valence-electron chi connectivity index (χ1n) is 11.1. The number of hydrogen-bond acceptors (Lipinski definition) is 6. The highest BCUT2D eigenvalue weighted by Gasteiger charge is 2.09.